The van der Waals surface area contributed by atoms with Crippen LogP contribution < -0.4 is 0 Å². The smallest absolute Gasteiger partial charge is 0.192 e. The van der Waals surface area contributed by atoms with Gasteiger partial charge in [-0.15, -0.1) is 0 Å². The number of hydrogen-bond donors (Lipinski definition) is 0. The molecule has 0 bridgehead atoms. The zero-order chi connectivity index (χ0) is 15.4. The van der Waals surface area contributed by atoms with Gasteiger partial charge in [0, 0.05) is 6.10 Å². The van der Waals surface area contributed by atoms with Crippen molar-refractivity contribution >= 4 is 40.2 Å². The normalized spacial score (nSPS) is 17.8. The van der Waals surface area contributed by atoms with Gasteiger partial charge in [-0.2, -0.15) is 0 Å². The molecule has 3 atom stereocenters. The molecule has 0 aromatic carbocycles. The first-order chi connectivity index (χ1) is 8.36. The Kier molecular flexibility index (Phi) is 8.12. The quantitative estimate of drug-likeness (QED) is 0.440. The van der Waals surface area contributed by atoms with E-state index in [0.29, 0.717) is 17.9 Å². The topological polar surface area (TPSA) is 9.23 Å². The minimum atomic E-state index is -1.64. The lowest BCUT2D eigenvalue weighted by Crippen LogP contribution is -2.43. The Hall–Kier alpha value is 0.877. The summed E-state index contributed by atoms with van der Waals surface area (Å²) in [5.74, 6) is 1.16. The van der Waals surface area contributed by atoms with Crippen LogP contribution in [0.4, 0.5) is 0 Å². The largest absolute Gasteiger partial charge is 0.414 e. The first-order valence-electron chi connectivity index (χ1n) is 7.07. The van der Waals surface area contributed by atoms with Crippen LogP contribution in [0.1, 0.15) is 48.0 Å². The van der Waals surface area contributed by atoms with E-state index in [1.807, 2.05) is 0 Å². The standard InChI is InChI=1S/C15H30Br2OSi/c1-11(12(2)10-14(16)17)9-13(3)18-19(7,8)15(4,5)6/h10-13H,9H2,1-8H3/t11-,12-,13-/m1/s1. The predicted octanol–water partition coefficient (Wildman–Crippen LogP) is 6.69. The summed E-state index contributed by atoms with van der Waals surface area (Å²) in [5.41, 5.74) is 0. The summed E-state index contributed by atoms with van der Waals surface area (Å²) in [6.45, 7) is 18.3. The molecule has 4 heteroatoms. The molecule has 19 heavy (non-hydrogen) atoms. The van der Waals surface area contributed by atoms with E-state index in [2.05, 4.69) is 92.6 Å². The number of rotatable bonds is 6. The fourth-order valence-corrected chi connectivity index (χ4v) is 4.12. The molecular formula is C15H30Br2OSi. The zero-order valence-corrected chi connectivity index (χ0v) is 17.9. The first-order valence-corrected chi connectivity index (χ1v) is 11.6. The molecule has 0 saturated carbocycles. The molecule has 0 rings (SSSR count). The fourth-order valence-electron chi connectivity index (χ4n) is 1.83. The Balaban J connectivity index is 4.47. The zero-order valence-electron chi connectivity index (χ0n) is 13.7. The van der Waals surface area contributed by atoms with Crippen LogP contribution in [-0.2, 0) is 4.43 Å². The minimum absolute atomic E-state index is 0.287. The van der Waals surface area contributed by atoms with Crippen molar-refractivity contribution in [2.45, 2.75) is 72.2 Å². The van der Waals surface area contributed by atoms with Gasteiger partial charge >= 0.3 is 0 Å². The lowest BCUT2D eigenvalue weighted by atomic mass is 9.91. The number of allylic oxidation sites excluding steroid dienone is 1. The van der Waals surface area contributed by atoms with Crippen LogP contribution in [0.3, 0.4) is 0 Å². The Bertz CT molecular complexity index is 304. The third-order valence-corrected chi connectivity index (χ3v) is 9.42. The van der Waals surface area contributed by atoms with Gasteiger partial charge in [0.2, 0.25) is 0 Å². The Morgan fingerprint density at radius 1 is 1.16 bits per heavy atom. The second-order valence-electron chi connectivity index (χ2n) is 7.22. The molecule has 0 aliphatic rings. The molecule has 0 aliphatic heterocycles. The van der Waals surface area contributed by atoms with E-state index in [1.54, 1.807) is 0 Å². The van der Waals surface area contributed by atoms with Gasteiger partial charge in [0.15, 0.2) is 8.32 Å². The maximum Gasteiger partial charge on any atom is 0.192 e. The van der Waals surface area contributed by atoms with Crippen molar-refractivity contribution < 1.29 is 4.43 Å². The number of hydrogen-bond acceptors (Lipinski definition) is 1. The predicted molar refractivity (Wildman–Crippen MR) is 96.6 cm³/mol. The molecule has 0 unspecified atom stereocenters. The Morgan fingerprint density at radius 3 is 2.00 bits per heavy atom. The molecule has 0 radical (unpaired) electrons. The van der Waals surface area contributed by atoms with Crippen LogP contribution in [0.5, 0.6) is 0 Å². The van der Waals surface area contributed by atoms with Crippen LogP contribution >= 0.6 is 31.9 Å². The van der Waals surface area contributed by atoms with Crippen LogP contribution in [0, 0.1) is 11.8 Å². The van der Waals surface area contributed by atoms with Crippen LogP contribution in [0.15, 0.2) is 9.47 Å². The summed E-state index contributed by atoms with van der Waals surface area (Å²) in [6, 6.07) is 0. The van der Waals surface area contributed by atoms with E-state index in [1.165, 1.54) is 0 Å². The monoisotopic (exact) mass is 412 g/mol. The van der Waals surface area contributed by atoms with Gasteiger partial charge in [-0.25, -0.2) is 0 Å². The summed E-state index contributed by atoms with van der Waals surface area (Å²) in [5, 5.41) is 0.287. The lowest BCUT2D eigenvalue weighted by Gasteiger charge is -2.39. The first kappa shape index (κ1) is 19.9. The van der Waals surface area contributed by atoms with Gasteiger partial charge in [0.25, 0.3) is 0 Å². The van der Waals surface area contributed by atoms with E-state index in [9.17, 15) is 0 Å². The average Bonchev–Trinajstić information content (AvgIpc) is 2.12. The van der Waals surface area contributed by atoms with Crippen molar-refractivity contribution in [3.8, 4) is 0 Å². The van der Waals surface area contributed by atoms with E-state index in [4.69, 9.17) is 4.43 Å². The third-order valence-electron chi connectivity index (χ3n) is 4.29. The molecule has 0 aliphatic carbocycles. The summed E-state index contributed by atoms with van der Waals surface area (Å²) in [7, 11) is -1.64. The Morgan fingerprint density at radius 2 is 1.63 bits per heavy atom. The molecule has 0 aromatic heterocycles. The third kappa shape index (κ3) is 7.44. The van der Waals surface area contributed by atoms with Crippen LogP contribution in [-0.4, -0.2) is 14.4 Å². The maximum atomic E-state index is 6.42. The molecule has 0 amide bonds. The number of halogens is 2. The van der Waals surface area contributed by atoms with Crippen molar-refractivity contribution in [3.05, 3.63) is 9.47 Å². The molecule has 0 saturated heterocycles. The molecule has 0 aromatic rings. The summed E-state index contributed by atoms with van der Waals surface area (Å²) in [4.78, 5) is 0. The van der Waals surface area contributed by atoms with E-state index >= 15 is 0 Å². The molecule has 1 nitrogen and oxygen atoms in total. The maximum absolute atomic E-state index is 6.42. The van der Waals surface area contributed by atoms with Gasteiger partial charge in [0.1, 0.15) is 0 Å². The van der Waals surface area contributed by atoms with Gasteiger partial charge in [-0.3, -0.25) is 0 Å². The summed E-state index contributed by atoms with van der Waals surface area (Å²) in [6.07, 6.45) is 3.65. The Labute approximate surface area is 138 Å². The van der Waals surface area contributed by atoms with Crippen molar-refractivity contribution in [2.24, 2.45) is 11.8 Å². The fraction of sp³-hybridized carbons (Fsp3) is 0.867. The highest BCUT2D eigenvalue weighted by molar-refractivity contribution is 9.28. The van der Waals surface area contributed by atoms with Crippen molar-refractivity contribution in [1.82, 2.24) is 0 Å². The average molecular weight is 414 g/mol. The van der Waals surface area contributed by atoms with E-state index in [0.717, 1.165) is 9.81 Å². The molecule has 0 N–H and O–H groups in total. The van der Waals surface area contributed by atoms with Gasteiger partial charge in [-0.1, -0.05) is 40.7 Å². The molecule has 114 valence electrons. The second kappa shape index (κ2) is 7.76. The van der Waals surface area contributed by atoms with Crippen molar-refractivity contribution in [1.29, 1.82) is 0 Å². The molecular weight excluding hydrogens is 384 g/mol. The lowest BCUT2D eigenvalue weighted by molar-refractivity contribution is 0.161. The van der Waals surface area contributed by atoms with E-state index in [-0.39, 0.29) is 5.04 Å². The summed E-state index contributed by atoms with van der Waals surface area (Å²) >= 11 is 6.88. The van der Waals surface area contributed by atoms with Crippen molar-refractivity contribution in [2.75, 3.05) is 0 Å². The minimum Gasteiger partial charge on any atom is -0.414 e. The van der Waals surface area contributed by atoms with E-state index < -0.39 is 8.32 Å². The second-order valence-corrected chi connectivity index (χ2v) is 14.7. The highest BCUT2D eigenvalue weighted by Crippen LogP contribution is 2.38. The highest BCUT2D eigenvalue weighted by Gasteiger charge is 2.38. The SMILES string of the molecule is C[C@H](C[C@@H](C)[C@H](C)C=C(Br)Br)O[Si](C)(C)C(C)(C)C. The van der Waals surface area contributed by atoms with Crippen LogP contribution in [0.25, 0.3) is 0 Å². The van der Waals surface area contributed by atoms with Gasteiger partial charge in [-0.05, 0) is 75.2 Å². The van der Waals surface area contributed by atoms with Gasteiger partial charge in [0.05, 0.1) is 3.39 Å². The highest BCUT2D eigenvalue weighted by atomic mass is 79.9. The van der Waals surface area contributed by atoms with Crippen molar-refractivity contribution in [3.63, 3.8) is 0 Å². The molecule has 0 heterocycles. The summed E-state index contributed by atoms with van der Waals surface area (Å²) < 4.78 is 7.46. The molecule has 0 spiro atoms. The van der Waals surface area contributed by atoms with Gasteiger partial charge < -0.3 is 4.43 Å². The van der Waals surface area contributed by atoms with Crippen LogP contribution in [0.2, 0.25) is 18.1 Å². The molecule has 0 fully saturated rings.